The summed E-state index contributed by atoms with van der Waals surface area (Å²) in [6.45, 7) is 3.16. The maximum Gasteiger partial charge on any atom is 0.0318 e. The molecule has 1 unspecified atom stereocenters. The van der Waals surface area contributed by atoms with Gasteiger partial charge < -0.3 is 5.32 Å². The number of hydrogen-bond acceptors (Lipinski definition) is 2. The van der Waals surface area contributed by atoms with Gasteiger partial charge in [-0.1, -0.05) is 0 Å². The van der Waals surface area contributed by atoms with E-state index in [2.05, 4.69) is 23.3 Å². The molecule has 2 heterocycles. The average molecular weight is 134 g/mol. The van der Waals surface area contributed by atoms with Gasteiger partial charge in [-0.2, -0.15) is 0 Å². The highest BCUT2D eigenvalue weighted by Crippen LogP contribution is 2.22. The Kier molecular flexibility index (Phi) is 1.21. The lowest BCUT2D eigenvalue weighted by molar-refractivity contribution is 0.633. The lowest BCUT2D eigenvalue weighted by Gasteiger charge is -2.00. The summed E-state index contributed by atoms with van der Waals surface area (Å²) in [4.78, 5) is 4.07. The van der Waals surface area contributed by atoms with E-state index in [4.69, 9.17) is 0 Å². The van der Waals surface area contributed by atoms with Crippen LogP contribution in [0.3, 0.4) is 0 Å². The number of rotatable bonds is 0. The third-order valence-electron chi connectivity index (χ3n) is 2.01. The monoisotopic (exact) mass is 134 g/mol. The summed E-state index contributed by atoms with van der Waals surface area (Å²) in [6, 6.07) is 2.56. The smallest absolute Gasteiger partial charge is 0.0318 e. The molecule has 1 aromatic rings. The highest BCUT2D eigenvalue weighted by atomic mass is 14.9. The van der Waals surface area contributed by atoms with Gasteiger partial charge in [0.1, 0.15) is 0 Å². The Morgan fingerprint density at radius 1 is 1.70 bits per heavy atom. The van der Waals surface area contributed by atoms with E-state index in [1.165, 1.54) is 11.1 Å². The Balaban J connectivity index is 2.51. The largest absolute Gasteiger partial charge is 0.306 e. The third-order valence-corrected chi connectivity index (χ3v) is 2.01. The molecule has 0 amide bonds. The molecule has 0 fully saturated rings. The fourth-order valence-corrected chi connectivity index (χ4v) is 1.36. The lowest BCUT2D eigenvalue weighted by Crippen LogP contribution is -2.06. The molecule has 0 saturated heterocycles. The molecule has 2 heteroatoms. The van der Waals surface area contributed by atoms with Crippen molar-refractivity contribution in [2.24, 2.45) is 0 Å². The van der Waals surface area contributed by atoms with E-state index < -0.39 is 0 Å². The van der Waals surface area contributed by atoms with Gasteiger partial charge in [-0.15, -0.1) is 0 Å². The molecule has 1 aliphatic heterocycles. The Morgan fingerprint density at radius 3 is 3.40 bits per heavy atom. The first-order chi connectivity index (χ1) is 4.88. The molecule has 1 atom stereocenters. The highest BCUT2D eigenvalue weighted by molar-refractivity contribution is 5.29. The van der Waals surface area contributed by atoms with Crippen LogP contribution in [0.2, 0.25) is 0 Å². The van der Waals surface area contributed by atoms with Gasteiger partial charge in [0.15, 0.2) is 0 Å². The SMILES string of the molecule is CC1NCc2ccncc21. The van der Waals surface area contributed by atoms with Crippen molar-refractivity contribution in [3.63, 3.8) is 0 Å². The first-order valence-corrected chi connectivity index (χ1v) is 3.54. The summed E-state index contributed by atoms with van der Waals surface area (Å²) in [7, 11) is 0. The molecule has 0 spiro atoms. The molecule has 0 saturated carbocycles. The fourth-order valence-electron chi connectivity index (χ4n) is 1.36. The molecular weight excluding hydrogens is 124 g/mol. The van der Waals surface area contributed by atoms with E-state index in [0.29, 0.717) is 6.04 Å². The topological polar surface area (TPSA) is 24.9 Å². The van der Waals surface area contributed by atoms with Crippen LogP contribution < -0.4 is 5.32 Å². The van der Waals surface area contributed by atoms with Gasteiger partial charge in [0.2, 0.25) is 0 Å². The molecule has 52 valence electrons. The minimum absolute atomic E-state index is 0.490. The summed E-state index contributed by atoms with van der Waals surface area (Å²) in [5.74, 6) is 0. The maximum atomic E-state index is 4.07. The van der Waals surface area contributed by atoms with Crippen molar-refractivity contribution in [2.75, 3.05) is 0 Å². The van der Waals surface area contributed by atoms with E-state index in [0.717, 1.165) is 6.54 Å². The van der Waals surface area contributed by atoms with Crippen LogP contribution >= 0.6 is 0 Å². The summed E-state index contributed by atoms with van der Waals surface area (Å²) in [6.07, 6.45) is 3.79. The Hall–Kier alpha value is -0.890. The van der Waals surface area contributed by atoms with Crippen molar-refractivity contribution in [3.05, 3.63) is 29.6 Å². The zero-order valence-corrected chi connectivity index (χ0v) is 5.96. The van der Waals surface area contributed by atoms with Gasteiger partial charge in [0.05, 0.1) is 0 Å². The number of nitrogens with one attached hydrogen (secondary N) is 1. The summed E-state index contributed by atoms with van der Waals surface area (Å²) in [5, 5.41) is 3.34. The number of fused-ring (bicyclic) bond motifs is 1. The molecule has 0 aliphatic carbocycles. The first-order valence-electron chi connectivity index (χ1n) is 3.54. The van der Waals surface area contributed by atoms with Crippen LogP contribution in [0.1, 0.15) is 24.1 Å². The van der Waals surface area contributed by atoms with Crippen molar-refractivity contribution in [1.82, 2.24) is 10.3 Å². The number of hydrogen-bond donors (Lipinski definition) is 1. The van der Waals surface area contributed by atoms with Gasteiger partial charge in [-0.05, 0) is 24.1 Å². The number of aromatic nitrogens is 1. The van der Waals surface area contributed by atoms with Crippen LogP contribution in [-0.2, 0) is 6.54 Å². The van der Waals surface area contributed by atoms with Gasteiger partial charge in [-0.3, -0.25) is 4.98 Å². The van der Waals surface area contributed by atoms with Crippen molar-refractivity contribution in [2.45, 2.75) is 19.5 Å². The van der Waals surface area contributed by atoms with E-state index >= 15 is 0 Å². The van der Waals surface area contributed by atoms with Crippen LogP contribution in [0.5, 0.6) is 0 Å². The summed E-state index contributed by atoms with van der Waals surface area (Å²) in [5.41, 5.74) is 2.74. The molecule has 0 bridgehead atoms. The lowest BCUT2D eigenvalue weighted by atomic mass is 10.1. The van der Waals surface area contributed by atoms with E-state index in [1.807, 2.05) is 12.4 Å². The second kappa shape index (κ2) is 2.06. The van der Waals surface area contributed by atoms with Crippen molar-refractivity contribution >= 4 is 0 Å². The minimum Gasteiger partial charge on any atom is -0.306 e. The Morgan fingerprint density at radius 2 is 2.60 bits per heavy atom. The van der Waals surface area contributed by atoms with Crippen LogP contribution in [0.25, 0.3) is 0 Å². The molecular formula is C8H10N2. The van der Waals surface area contributed by atoms with Crippen LogP contribution in [0, 0.1) is 0 Å². The van der Waals surface area contributed by atoms with Crippen molar-refractivity contribution in [1.29, 1.82) is 0 Å². The van der Waals surface area contributed by atoms with E-state index in [9.17, 15) is 0 Å². The number of nitrogens with zero attached hydrogens (tertiary/aromatic N) is 1. The zero-order valence-electron chi connectivity index (χ0n) is 5.96. The molecule has 10 heavy (non-hydrogen) atoms. The summed E-state index contributed by atoms with van der Waals surface area (Å²) >= 11 is 0. The van der Waals surface area contributed by atoms with Gasteiger partial charge in [-0.25, -0.2) is 0 Å². The standard InChI is InChI=1S/C8H10N2/c1-6-8-5-9-3-2-7(8)4-10-6/h2-3,5-6,10H,4H2,1H3. The minimum atomic E-state index is 0.490. The maximum absolute atomic E-state index is 4.07. The van der Waals surface area contributed by atoms with Crippen molar-refractivity contribution in [3.8, 4) is 0 Å². The fraction of sp³-hybridized carbons (Fsp3) is 0.375. The second-order valence-electron chi connectivity index (χ2n) is 2.68. The van der Waals surface area contributed by atoms with E-state index in [1.54, 1.807) is 0 Å². The molecule has 0 radical (unpaired) electrons. The van der Waals surface area contributed by atoms with Gasteiger partial charge >= 0.3 is 0 Å². The zero-order chi connectivity index (χ0) is 6.97. The van der Waals surface area contributed by atoms with E-state index in [-0.39, 0.29) is 0 Å². The second-order valence-corrected chi connectivity index (χ2v) is 2.68. The highest BCUT2D eigenvalue weighted by Gasteiger charge is 2.16. The van der Waals surface area contributed by atoms with Crippen molar-refractivity contribution < 1.29 is 0 Å². The predicted molar refractivity (Wildman–Crippen MR) is 39.5 cm³/mol. The Bertz CT molecular complexity index is 245. The first kappa shape index (κ1) is 5.86. The molecule has 1 aliphatic rings. The predicted octanol–water partition coefficient (Wildman–Crippen LogP) is 1.25. The number of pyridine rings is 1. The normalized spacial score (nSPS) is 22.7. The van der Waals surface area contributed by atoms with Crippen LogP contribution in [-0.4, -0.2) is 4.98 Å². The Labute approximate surface area is 60.3 Å². The quantitative estimate of drug-likeness (QED) is 0.577. The molecule has 2 nitrogen and oxygen atoms in total. The molecule has 1 aromatic heterocycles. The molecule has 1 N–H and O–H groups in total. The van der Waals surface area contributed by atoms with Gasteiger partial charge in [0, 0.05) is 25.0 Å². The van der Waals surface area contributed by atoms with Gasteiger partial charge in [0.25, 0.3) is 0 Å². The van der Waals surface area contributed by atoms with Crippen LogP contribution in [0.4, 0.5) is 0 Å². The molecule has 2 rings (SSSR count). The summed E-state index contributed by atoms with van der Waals surface area (Å²) < 4.78 is 0. The third kappa shape index (κ3) is 0.727. The molecule has 0 aromatic carbocycles. The average Bonchev–Trinajstić information content (AvgIpc) is 2.34. The van der Waals surface area contributed by atoms with Crippen LogP contribution in [0.15, 0.2) is 18.5 Å².